The lowest BCUT2D eigenvalue weighted by molar-refractivity contribution is 0.262. The maximum absolute atomic E-state index is 5.97. The van der Waals surface area contributed by atoms with Crippen LogP contribution >= 0.6 is 24.0 Å². The first kappa shape index (κ1) is 18.7. The van der Waals surface area contributed by atoms with Crippen molar-refractivity contribution in [3.63, 3.8) is 0 Å². The molecule has 5 heteroatoms. The molecule has 1 aliphatic heterocycles. The highest BCUT2D eigenvalue weighted by Crippen LogP contribution is 2.17. The number of benzene rings is 2. The first-order chi connectivity index (χ1) is 11.2. The summed E-state index contributed by atoms with van der Waals surface area (Å²) in [5, 5.41) is 3.15. The van der Waals surface area contributed by atoms with E-state index in [0.29, 0.717) is 12.5 Å². The van der Waals surface area contributed by atoms with E-state index in [9.17, 15) is 0 Å². The minimum atomic E-state index is 0. The minimum absolute atomic E-state index is 0. The largest absolute Gasteiger partial charge is 0.370 e. The van der Waals surface area contributed by atoms with E-state index in [1.54, 1.807) is 0 Å². The quantitative estimate of drug-likeness (QED) is 0.439. The van der Waals surface area contributed by atoms with Crippen LogP contribution in [0.3, 0.4) is 0 Å². The normalized spacial score (nSPS) is 14.6. The lowest BCUT2D eigenvalue weighted by Crippen LogP contribution is -2.33. The number of hydrogen-bond acceptors (Lipinski definition) is 2. The van der Waals surface area contributed by atoms with Gasteiger partial charge in [-0.25, -0.2) is 0 Å². The van der Waals surface area contributed by atoms with Crippen LogP contribution in [0.1, 0.15) is 16.7 Å². The van der Waals surface area contributed by atoms with Crippen molar-refractivity contribution < 1.29 is 0 Å². The number of guanidine groups is 1. The molecule has 0 fully saturated rings. The number of hydrogen-bond donors (Lipinski definition) is 2. The van der Waals surface area contributed by atoms with E-state index < -0.39 is 0 Å². The molecule has 1 aliphatic rings. The van der Waals surface area contributed by atoms with Crippen molar-refractivity contribution >= 4 is 35.6 Å². The van der Waals surface area contributed by atoms with E-state index in [1.807, 2.05) is 12.1 Å². The second-order valence-electron chi connectivity index (χ2n) is 6.06. The van der Waals surface area contributed by atoms with Gasteiger partial charge in [-0.1, -0.05) is 36.4 Å². The van der Waals surface area contributed by atoms with Crippen LogP contribution in [0.2, 0.25) is 0 Å². The average Bonchev–Trinajstić information content (AvgIpc) is 2.55. The Morgan fingerprint density at radius 1 is 1.17 bits per heavy atom. The Labute approximate surface area is 161 Å². The Morgan fingerprint density at radius 2 is 1.96 bits per heavy atom. The molecule has 1 heterocycles. The maximum atomic E-state index is 5.97. The standard InChI is InChI=1S/C19H24N4.HI/c1-15-5-4-8-18(13-15)22-19(20)21-10-12-23-11-9-16-6-2-3-7-17(16)14-23;/h2-8,13H,9-12,14H2,1H3,(H3,20,21,22);1H. The van der Waals surface area contributed by atoms with Crippen molar-refractivity contribution in [1.82, 2.24) is 4.90 Å². The molecule has 0 unspecified atom stereocenters. The summed E-state index contributed by atoms with van der Waals surface area (Å²) in [4.78, 5) is 6.88. The van der Waals surface area contributed by atoms with Crippen LogP contribution in [0.25, 0.3) is 0 Å². The molecule has 128 valence electrons. The molecule has 24 heavy (non-hydrogen) atoms. The van der Waals surface area contributed by atoms with Crippen molar-refractivity contribution in [3.05, 3.63) is 65.2 Å². The van der Waals surface area contributed by atoms with Gasteiger partial charge in [0.15, 0.2) is 5.96 Å². The average molecular weight is 436 g/mol. The predicted octanol–water partition coefficient (Wildman–Crippen LogP) is 3.40. The van der Waals surface area contributed by atoms with Crippen molar-refractivity contribution in [1.29, 1.82) is 0 Å². The molecule has 0 saturated heterocycles. The summed E-state index contributed by atoms with van der Waals surface area (Å²) in [5.41, 5.74) is 11.1. The SMILES string of the molecule is Cc1cccc(NC(N)=NCCN2CCc3ccccc3C2)c1.I. The molecule has 0 aliphatic carbocycles. The van der Waals surface area contributed by atoms with Gasteiger partial charge < -0.3 is 11.1 Å². The third-order valence-corrected chi connectivity index (χ3v) is 4.20. The Morgan fingerprint density at radius 3 is 2.75 bits per heavy atom. The summed E-state index contributed by atoms with van der Waals surface area (Å²) < 4.78 is 0. The Balaban J connectivity index is 0.00000208. The van der Waals surface area contributed by atoms with Gasteiger partial charge in [-0.3, -0.25) is 9.89 Å². The summed E-state index contributed by atoms with van der Waals surface area (Å²) in [6, 6.07) is 16.8. The van der Waals surface area contributed by atoms with Gasteiger partial charge >= 0.3 is 0 Å². The Kier molecular flexibility index (Phi) is 7.05. The number of fused-ring (bicyclic) bond motifs is 1. The van der Waals surface area contributed by atoms with Crippen molar-refractivity contribution in [2.45, 2.75) is 19.9 Å². The van der Waals surface area contributed by atoms with Crippen LogP contribution in [-0.4, -0.2) is 30.5 Å². The van der Waals surface area contributed by atoms with Gasteiger partial charge in [0.2, 0.25) is 0 Å². The van der Waals surface area contributed by atoms with Gasteiger partial charge in [0.25, 0.3) is 0 Å². The van der Waals surface area contributed by atoms with E-state index >= 15 is 0 Å². The van der Waals surface area contributed by atoms with E-state index in [0.717, 1.165) is 31.7 Å². The maximum Gasteiger partial charge on any atom is 0.193 e. The molecule has 4 nitrogen and oxygen atoms in total. The fourth-order valence-electron chi connectivity index (χ4n) is 2.97. The highest BCUT2D eigenvalue weighted by Gasteiger charge is 2.14. The summed E-state index contributed by atoms with van der Waals surface area (Å²) in [6.07, 6.45) is 1.12. The molecular weight excluding hydrogens is 411 g/mol. The number of nitrogens with zero attached hydrogens (tertiary/aromatic N) is 2. The first-order valence-electron chi connectivity index (χ1n) is 8.13. The molecular formula is C19H25IN4. The predicted molar refractivity (Wildman–Crippen MR) is 112 cm³/mol. The molecule has 0 amide bonds. The number of rotatable bonds is 4. The van der Waals surface area contributed by atoms with Gasteiger partial charge in [-0.05, 0) is 42.2 Å². The number of nitrogens with two attached hydrogens (primary N) is 1. The minimum Gasteiger partial charge on any atom is -0.370 e. The topological polar surface area (TPSA) is 53.6 Å². The van der Waals surface area contributed by atoms with Crippen LogP contribution in [0.5, 0.6) is 0 Å². The summed E-state index contributed by atoms with van der Waals surface area (Å²) in [5.74, 6) is 0.480. The third kappa shape index (κ3) is 5.21. The van der Waals surface area contributed by atoms with Crippen LogP contribution in [0, 0.1) is 6.92 Å². The monoisotopic (exact) mass is 436 g/mol. The molecule has 2 aromatic carbocycles. The van der Waals surface area contributed by atoms with E-state index in [1.165, 1.54) is 16.7 Å². The molecule has 2 aromatic rings. The molecule has 3 N–H and O–H groups in total. The molecule has 0 spiro atoms. The molecule has 0 atom stereocenters. The Bertz CT molecular complexity index is 699. The number of aliphatic imine (C=N–C) groups is 1. The van der Waals surface area contributed by atoms with Gasteiger partial charge in [0, 0.05) is 25.3 Å². The van der Waals surface area contributed by atoms with Crippen LogP contribution in [-0.2, 0) is 13.0 Å². The second-order valence-corrected chi connectivity index (χ2v) is 6.06. The number of aryl methyl sites for hydroxylation is 1. The number of nitrogens with one attached hydrogen (secondary N) is 1. The summed E-state index contributed by atoms with van der Waals surface area (Å²) >= 11 is 0. The smallest absolute Gasteiger partial charge is 0.193 e. The van der Waals surface area contributed by atoms with Crippen molar-refractivity contribution in [2.75, 3.05) is 25.0 Å². The van der Waals surface area contributed by atoms with Crippen LogP contribution < -0.4 is 11.1 Å². The van der Waals surface area contributed by atoms with Crippen molar-refractivity contribution in [3.8, 4) is 0 Å². The van der Waals surface area contributed by atoms with Gasteiger partial charge in [-0.2, -0.15) is 0 Å². The van der Waals surface area contributed by atoms with E-state index in [2.05, 4.69) is 58.5 Å². The van der Waals surface area contributed by atoms with Crippen molar-refractivity contribution in [2.24, 2.45) is 10.7 Å². The van der Waals surface area contributed by atoms with Gasteiger partial charge in [0.1, 0.15) is 0 Å². The zero-order valence-electron chi connectivity index (χ0n) is 14.0. The fourth-order valence-corrected chi connectivity index (χ4v) is 2.97. The lowest BCUT2D eigenvalue weighted by atomic mass is 10.0. The molecule has 0 radical (unpaired) electrons. The molecule has 0 saturated carbocycles. The van der Waals surface area contributed by atoms with Gasteiger partial charge in [0.05, 0.1) is 6.54 Å². The second kappa shape index (κ2) is 9.03. The fraction of sp³-hybridized carbons (Fsp3) is 0.316. The first-order valence-corrected chi connectivity index (χ1v) is 8.13. The van der Waals surface area contributed by atoms with Crippen LogP contribution in [0.15, 0.2) is 53.5 Å². The van der Waals surface area contributed by atoms with Gasteiger partial charge in [-0.15, -0.1) is 24.0 Å². The van der Waals surface area contributed by atoms with E-state index in [4.69, 9.17) is 5.73 Å². The zero-order chi connectivity index (χ0) is 16.1. The van der Waals surface area contributed by atoms with E-state index in [-0.39, 0.29) is 24.0 Å². The summed E-state index contributed by atoms with van der Waals surface area (Å²) in [6.45, 7) is 5.82. The summed E-state index contributed by atoms with van der Waals surface area (Å²) in [7, 11) is 0. The third-order valence-electron chi connectivity index (χ3n) is 4.20. The molecule has 3 rings (SSSR count). The van der Waals surface area contributed by atoms with Crippen LogP contribution in [0.4, 0.5) is 5.69 Å². The lowest BCUT2D eigenvalue weighted by Gasteiger charge is -2.28. The molecule has 0 aromatic heterocycles. The zero-order valence-corrected chi connectivity index (χ0v) is 16.4. The highest BCUT2D eigenvalue weighted by atomic mass is 127. The Hall–Kier alpha value is -1.60. The number of anilines is 1. The molecule has 0 bridgehead atoms. The number of halogens is 1. The highest BCUT2D eigenvalue weighted by molar-refractivity contribution is 14.0.